The molecule has 1 aliphatic carbocycles. The summed E-state index contributed by atoms with van der Waals surface area (Å²) in [7, 11) is 3.29. The lowest BCUT2D eigenvalue weighted by Crippen LogP contribution is -2.39. The molecule has 35 heavy (non-hydrogen) atoms. The Bertz CT molecular complexity index is 1230. The number of carbonyl (C=O) groups is 1. The molecule has 0 saturated heterocycles. The number of rotatable bonds is 8. The fourth-order valence-corrected chi connectivity index (χ4v) is 4.91. The second-order valence-electron chi connectivity index (χ2n) is 9.15. The third-order valence-electron chi connectivity index (χ3n) is 6.87. The summed E-state index contributed by atoms with van der Waals surface area (Å²) < 4.78 is 11.1. The summed E-state index contributed by atoms with van der Waals surface area (Å²) in [5.74, 6) is 1.50. The maximum atomic E-state index is 14.0. The van der Waals surface area contributed by atoms with Gasteiger partial charge in [-0.15, -0.1) is 0 Å². The Hall–Kier alpha value is -3.57. The highest BCUT2D eigenvalue weighted by molar-refractivity contribution is 6.02. The zero-order chi connectivity index (χ0) is 24.2. The Balaban J connectivity index is 1.49. The molecule has 1 heterocycles. The van der Waals surface area contributed by atoms with E-state index in [1.807, 2.05) is 29.2 Å². The van der Waals surface area contributed by atoms with Crippen molar-refractivity contribution in [2.24, 2.45) is 0 Å². The highest BCUT2D eigenvalue weighted by Gasteiger charge is 2.36. The van der Waals surface area contributed by atoms with E-state index in [1.54, 1.807) is 14.2 Å². The quantitative estimate of drug-likeness (QED) is 0.487. The van der Waals surface area contributed by atoms with Crippen LogP contribution in [0.1, 0.15) is 30.4 Å². The zero-order valence-electron chi connectivity index (χ0n) is 20.4. The molecule has 0 atom stereocenters. The van der Waals surface area contributed by atoms with Crippen LogP contribution in [0.15, 0.2) is 78.4 Å². The zero-order valence-corrected chi connectivity index (χ0v) is 20.4. The van der Waals surface area contributed by atoms with Crippen LogP contribution in [0.5, 0.6) is 11.5 Å². The van der Waals surface area contributed by atoms with Gasteiger partial charge in [0.2, 0.25) is 0 Å². The van der Waals surface area contributed by atoms with E-state index in [2.05, 4.69) is 53.8 Å². The first-order valence-corrected chi connectivity index (χ1v) is 12.3. The third-order valence-corrected chi connectivity index (χ3v) is 6.87. The number of para-hydroxylation sites is 1. The van der Waals surface area contributed by atoms with E-state index in [-0.39, 0.29) is 11.9 Å². The summed E-state index contributed by atoms with van der Waals surface area (Å²) in [6.45, 7) is 1.96. The van der Waals surface area contributed by atoms with E-state index in [1.165, 1.54) is 11.1 Å². The number of ether oxygens (including phenoxy) is 2. The fraction of sp³-hybridized carbons (Fsp3) is 0.300. The van der Waals surface area contributed by atoms with Gasteiger partial charge in [-0.05, 0) is 60.2 Å². The molecule has 5 heteroatoms. The lowest BCUT2D eigenvalue weighted by molar-refractivity contribution is -0.128. The maximum Gasteiger partial charge on any atom is 0.251 e. The van der Waals surface area contributed by atoms with Crippen LogP contribution in [-0.2, 0) is 11.3 Å². The van der Waals surface area contributed by atoms with Crippen LogP contribution in [0.3, 0.4) is 0 Å². The van der Waals surface area contributed by atoms with Gasteiger partial charge in [-0.25, -0.2) is 0 Å². The molecular weight excluding hydrogens is 436 g/mol. The third kappa shape index (κ3) is 4.96. The summed E-state index contributed by atoms with van der Waals surface area (Å²) in [5.41, 5.74) is 6.46. The van der Waals surface area contributed by atoms with Crippen molar-refractivity contribution in [2.45, 2.75) is 31.8 Å². The van der Waals surface area contributed by atoms with Crippen molar-refractivity contribution in [3.05, 3.63) is 89.5 Å². The SMILES string of the molecule is COc1cccc(CN(C(=O)C2=C(c3cccc(-c4ccccc4)c3)CCNC2)C2CC2)c1OC. The molecule has 180 valence electrons. The van der Waals surface area contributed by atoms with E-state index in [0.29, 0.717) is 24.6 Å². The number of nitrogens with one attached hydrogen (secondary N) is 1. The molecule has 5 nitrogen and oxygen atoms in total. The molecule has 2 aliphatic rings. The highest BCUT2D eigenvalue weighted by Crippen LogP contribution is 2.37. The van der Waals surface area contributed by atoms with Crippen molar-refractivity contribution in [1.82, 2.24) is 10.2 Å². The largest absolute Gasteiger partial charge is 0.493 e. The average Bonchev–Trinajstić information content (AvgIpc) is 3.77. The summed E-state index contributed by atoms with van der Waals surface area (Å²) in [5, 5.41) is 3.43. The Kier molecular flexibility index (Phi) is 6.87. The van der Waals surface area contributed by atoms with Gasteiger partial charge in [0, 0.05) is 23.7 Å². The van der Waals surface area contributed by atoms with Crippen LogP contribution < -0.4 is 14.8 Å². The van der Waals surface area contributed by atoms with Gasteiger partial charge < -0.3 is 19.7 Å². The van der Waals surface area contributed by atoms with Gasteiger partial charge in [0.05, 0.1) is 20.8 Å². The standard InChI is InChI=1S/C30H32N2O3/c1-34-28-13-7-12-24(29(28)35-2)20-32(25-14-15-25)30(33)27-19-31-17-16-26(27)23-11-6-10-22(18-23)21-8-4-3-5-9-21/h3-13,18,25,31H,14-17,19-20H2,1-2H3. The Morgan fingerprint density at radius 3 is 2.40 bits per heavy atom. The Morgan fingerprint density at radius 1 is 0.914 bits per heavy atom. The first-order valence-electron chi connectivity index (χ1n) is 12.3. The van der Waals surface area contributed by atoms with Gasteiger partial charge in [0.25, 0.3) is 5.91 Å². The summed E-state index contributed by atoms with van der Waals surface area (Å²) in [4.78, 5) is 16.1. The first kappa shape index (κ1) is 23.2. The van der Waals surface area contributed by atoms with Gasteiger partial charge in [0.1, 0.15) is 0 Å². The molecule has 0 aromatic heterocycles. The molecule has 0 bridgehead atoms. The molecule has 5 rings (SSSR count). The molecule has 1 fully saturated rings. The van der Waals surface area contributed by atoms with Gasteiger partial charge in [-0.3, -0.25) is 4.79 Å². The van der Waals surface area contributed by atoms with E-state index in [9.17, 15) is 4.79 Å². The van der Waals surface area contributed by atoms with Gasteiger partial charge in [-0.1, -0.05) is 60.7 Å². The molecule has 3 aromatic rings. The minimum absolute atomic E-state index is 0.115. The first-order chi connectivity index (χ1) is 17.2. The molecule has 0 radical (unpaired) electrons. The topological polar surface area (TPSA) is 50.8 Å². The van der Waals surface area contributed by atoms with Crippen molar-refractivity contribution >= 4 is 11.5 Å². The normalized spacial score (nSPS) is 15.6. The predicted octanol–water partition coefficient (Wildman–Crippen LogP) is 5.31. The van der Waals surface area contributed by atoms with Crippen molar-refractivity contribution in [2.75, 3.05) is 27.3 Å². The summed E-state index contributed by atoms with van der Waals surface area (Å²) in [6.07, 6.45) is 2.91. The van der Waals surface area contributed by atoms with Crippen LogP contribution in [-0.4, -0.2) is 44.2 Å². The van der Waals surface area contributed by atoms with Crippen molar-refractivity contribution in [1.29, 1.82) is 0 Å². The molecular formula is C30H32N2O3. The van der Waals surface area contributed by atoms with E-state index >= 15 is 0 Å². The minimum Gasteiger partial charge on any atom is -0.493 e. The molecule has 3 aromatic carbocycles. The molecule has 0 spiro atoms. The van der Waals surface area contributed by atoms with Crippen molar-refractivity contribution < 1.29 is 14.3 Å². The number of amides is 1. The van der Waals surface area contributed by atoms with E-state index < -0.39 is 0 Å². The molecule has 1 amide bonds. The number of nitrogens with zero attached hydrogens (tertiary/aromatic N) is 1. The Morgan fingerprint density at radius 2 is 1.66 bits per heavy atom. The van der Waals surface area contributed by atoms with Crippen LogP contribution in [0.25, 0.3) is 16.7 Å². The van der Waals surface area contributed by atoms with E-state index in [0.717, 1.165) is 48.1 Å². The average molecular weight is 469 g/mol. The van der Waals surface area contributed by atoms with Crippen LogP contribution >= 0.6 is 0 Å². The summed E-state index contributed by atoms with van der Waals surface area (Å²) >= 11 is 0. The number of hydrogen-bond acceptors (Lipinski definition) is 4. The number of benzene rings is 3. The Labute approximate surface area is 207 Å². The smallest absolute Gasteiger partial charge is 0.251 e. The molecule has 0 unspecified atom stereocenters. The lowest BCUT2D eigenvalue weighted by Gasteiger charge is -2.29. The molecule has 1 N–H and O–H groups in total. The maximum absolute atomic E-state index is 14.0. The molecule has 1 aliphatic heterocycles. The lowest BCUT2D eigenvalue weighted by atomic mass is 9.91. The number of hydrogen-bond donors (Lipinski definition) is 1. The second kappa shape index (κ2) is 10.4. The molecule has 1 saturated carbocycles. The number of carbonyl (C=O) groups excluding carboxylic acids is 1. The van der Waals surface area contributed by atoms with Crippen molar-refractivity contribution in [3.8, 4) is 22.6 Å². The number of methoxy groups -OCH3 is 2. The van der Waals surface area contributed by atoms with Crippen LogP contribution in [0, 0.1) is 0 Å². The van der Waals surface area contributed by atoms with E-state index in [4.69, 9.17) is 9.47 Å². The predicted molar refractivity (Wildman–Crippen MR) is 139 cm³/mol. The van der Waals surface area contributed by atoms with Gasteiger partial charge in [-0.2, -0.15) is 0 Å². The fourth-order valence-electron chi connectivity index (χ4n) is 4.91. The minimum atomic E-state index is 0.115. The van der Waals surface area contributed by atoms with Crippen LogP contribution in [0.4, 0.5) is 0 Å². The van der Waals surface area contributed by atoms with Crippen LogP contribution in [0.2, 0.25) is 0 Å². The van der Waals surface area contributed by atoms with Gasteiger partial charge >= 0.3 is 0 Å². The second-order valence-corrected chi connectivity index (χ2v) is 9.15. The summed E-state index contributed by atoms with van der Waals surface area (Å²) in [6, 6.07) is 25.1. The van der Waals surface area contributed by atoms with Gasteiger partial charge in [0.15, 0.2) is 11.5 Å². The highest BCUT2D eigenvalue weighted by atomic mass is 16.5. The van der Waals surface area contributed by atoms with Crippen molar-refractivity contribution in [3.63, 3.8) is 0 Å². The monoisotopic (exact) mass is 468 g/mol.